The summed E-state index contributed by atoms with van der Waals surface area (Å²) in [5.74, 6) is -3.27. The summed E-state index contributed by atoms with van der Waals surface area (Å²) in [4.78, 5) is 51.0. The zero-order chi connectivity index (χ0) is 53.3. The maximum atomic E-state index is 13.1. The number of carbonyl (C=O) groups excluding carboxylic acids is 3. The fourth-order valence-corrected chi connectivity index (χ4v) is 8.68. The van der Waals surface area contributed by atoms with Crippen molar-refractivity contribution in [2.75, 3.05) is 13.2 Å². The van der Waals surface area contributed by atoms with Crippen molar-refractivity contribution in [2.24, 2.45) is 0 Å². The highest BCUT2D eigenvalue weighted by molar-refractivity contribution is 5.74. The summed E-state index contributed by atoms with van der Waals surface area (Å²) in [6, 6.07) is 0. The van der Waals surface area contributed by atoms with Gasteiger partial charge >= 0.3 is 23.9 Å². The molecule has 1 fully saturated rings. The number of ether oxygens (including phenoxy) is 5. The summed E-state index contributed by atoms with van der Waals surface area (Å²) >= 11 is 0. The molecular formula is C61H104O12. The molecule has 1 saturated heterocycles. The van der Waals surface area contributed by atoms with Crippen LogP contribution < -0.4 is 0 Å². The highest BCUT2D eigenvalue weighted by Crippen LogP contribution is 2.26. The standard InChI is InChI=1S/C61H104O12/c1-4-7-10-13-16-19-22-25-27-30-32-35-38-41-44-47-53(62)69-50-52(71-54(63)48-45-42-39-36-34-31-28-26-23-20-17-14-11-8-5-2)51-70-61-59(57(66)56(65)58(73-61)60(67)68)72-55(64)49-46-43-40-37-33-29-24-21-18-15-12-9-6-3/h7,10,16,19,25,27,32,35,41,44,52,56-59,61,65-66H,4-6,8-9,11-15,17-18,20-24,26,28-31,33-34,36-40,42-43,45-51H2,1-3H3,(H,67,68)/b10-7-,19-16-,27-25-,35-32-,44-41-. The molecule has 3 N–H and O–H groups in total. The van der Waals surface area contributed by atoms with Gasteiger partial charge in [0.2, 0.25) is 0 Å². The molecule has 1 aliphatic rings. The van der Waals surface area contributed by atoms with Gasteiger partial charge in [-0.3, -0.25) is 14.4 Å². The number of carbonyl (C=O) groups is 4. The Balaban J connectivity index is 2.74. The Morgan fingerprint density at radius 2 is 0.849 bits per heavy atom. The quantitative estimate of drug-likeness (QED) is 0.0228. The van der Waals surface area contributed by atoms with Crippen LogP contribution in [0.25, 0.3) is 0 Å². The Morgan fingerprint density at radius 3 is 1.26 bits per heavy atom. The summed E-state index contributed by atoms with van der Waals surface area (Å²) in [7, 11) is 0. The Morgan fingerprint density at radius 1 is 0.466 bits per heavy atom. The van der Waals surface area contributed by atoms with Gasteiger partial charge in [0.05, 0.1) is 13.0 Å². The number of hydrogen-bond donors (Lipinski definition) is 3. The average Bonchev–Trinajstić information content (AvgIpc) is 3.37. The van der Waals surface area contributed by atoms with Crippen molar-refractivity contribution >= 4 is 23.9 Å². The molecule has 12 nitrogen and oxygen atoms in total. The molecule has 0 aliphatic carbocycles. The third-order valence-electron chi connectivity index (χ3n) is 13.1. The molecule has 0 aromatic carbocycles. The maximum Gasteiger partial charge on any atom is 0.335 e. The lowest BCUT2D eigenvalue weighted by Gasteiger charge is -2.40. The van der Waals surface area contributed by atoms with Gasteiger partial charge in [-0.1, -0.05) is 248 Å². The van der Waals surface area contributed by atoms with Gasteiger partial charge in [0.15, 0.2) is 24.6 Å². The summed E-state index contributed by atoms with van der Waals surface area (Å²) < 4.78 is 28.3. The van der Waals surface area contributed by atoms with Crippen LogP contribution in [0.1, 0.15) is 252 Å². The zero-order valence-electron chi connectivity index (χ0n) is 46.1. The molecule has 1 aliphatic heterocycles. The molecule has 0 radical (unpaired) electrons. The van der Waals surface area contributed by atoms with Crippen LogP contribution in [0, 0.1) is 0 Å². The molecule has 0 saturated carbocycles. The minimum absolute atomic E-state index is 0.0123. The highest BCUT2D eigenvalue weighted by Gasteiger charge is 2.50. The van der Waals surface area contributed by atoms with Crippen molar-refractivity contribution in [3.63, 3.8) is 0 Å². The van der Waals surface area contributed by atoms with Crippen molar-refractivity contribution in [3.05, 3.63) is 60.8 Å². The van der Waals surface area contributed by atoms with Gasteiger partial charge in [-0.05, 0) is 44.9 Å². The van der Waals surface area contributed by atoms with Crippen LogP contribution in [0.4, 0.5) is 0 Å². The molecule has 1 rings (SSSR count). The number of unbranched alkanes of at least 4 members (excludes halogenated alkanes) is 26. The highest BCUT2D eigenvalue weighted by atomic mass is 16.7. The molecule has 0 aromatic rings. The molecule has 0 spiro atoms. The van der Waals surface area contributed by atoms with Gasteiger partial charge in [-0.15, -0.1) is 0 Å². The number of aliphatic hydroxyl groups excluding tert-OH is 2. The van der Waals surface area contributed by atoms with E-state index in [1.165, 1.54) is 122 Å². The van der Waals surface area contributed by atoms with Gasteiger partial charge in [-0.2, -0.15) is 0 Å². The molecule has 0 bridgehead atoms. The Hall–Kier alpha value is -3.58. The Bertz CT molecular complexity index is 1500. The topological polar surface area (TPSA) is 175 Å². The van der Waals surface area contributed by atoms with E-state index in [0.29, 0.717) is 19.3 Å². The molecule has 73 heavy (non-hydrogen) atoms. The van der Waals surface area contributed by atoms with Gasteiger partial charge < -0.3 is 39.0 Å². The van der Waals surface area contributed by atoms with Gasteiger partial charge in [0.1, 0.15) is 18.8 Å². The fourth-order valence-electron chi connectivity index (χ4n) is 8.68. The van der Waals surface area contributed by atoms with Crippen molar-refractivity contribution < 1.29 is 58.2 Å². The molecule has 1 heterocycles. The van der Waals surface area contributed by atoms with Crippen molar-refractivity contribution in [1.29, 1.82) is 0 Å². The summed E-state index contributed by atoms with van der Waals surface area (Å²) in [6.07, 6.45) is 47.9. The largest absolute Gasteiger partial charge is 0.479 e. The van der Waals surface area contributed by atoms with E-state index in [1.54, 1.807) is 6.08 Å². The SMILES string of the molecule is CC/C=C\C/C=C\C/C=C\C/C=C\C/C=C\CC(=O)OCC(COC1OC(C(=O)O)C(O)C(O)C1OC(=O)CCCCCCCCCCCCCCC)OC(=O)CCCCCCCCCCCCCCCCC. The van der Waals surface area contributed by atoms with Crippen LogP contribution in [0.5, 0.6) is 0 Å². The van der Waals surface area contributed by atoms with E-state index in [0.717, 1.165) is 70.6 Å². The van der Waals surface area contributed by atoms with Gasteiger partial charge in [0, 0.05) is 12.8 Å². The third kappa shape index (κ3) is 39.5. The number of carboxylic acid groups (broad SMARTS) is 1. The van der Waals surface area contributed by atoms with E-state index in [2.05, 4.69) is 63.3 Å². The second-order valence-electron chi connectivity index (χ2n) is 19.9. The first kappa shape index (κ1) is 67.4. The number of hydrogen-bond acceptors (Lipinski definition) is 11. The number of rotatable bonds is 49. The van der Waals surface area contributed by atoms with E-state index in [-0.39, 0.29) is 25.9 Å². The van der Waals surface area contributed by atoms with Gasteiger partial charge in [-0.25, -0.2) is 4.79 Å². The van der Waals surface area contributed by atoms with Crippen LogP contribution in [0.2, 0.25) is 0 Å². The maximum absolute atomic E-state index is 13.1. The van der Waals surface area contributed by atoms with Crippen molar-refractivity contribution in [1.82, 2.24) is 0 Å². The average molecular weight is 1030 g/mol. The molecule has 6 atom stereocenters. The number of aliphatic hydroxyl groups is 2. The Kier molecular flexibility index (Phi) is 45.5. The van der Waals surface area contributed by atoms with E-state index in [9.17, 15) is 34.5 Å². The van der Waals surface area contributed by atoms with Crippen molar-refractivity contribution in [3.8, 4) is 0 Å². The van der Waals surface area contributed by atoms with E-state index < -0.39 is 67.3 Å². The van der Waals surface area contributed by atoms with Gasteiger partial charge in [0.25, 0.3) is 0 Å². The minimum atomic E-state index is -1.91. The summed E-state index contributed by atoms with van der Waals surface area (Å²) in [5, 5.41) is 31.4. The summed E-state index contributed by atoms with van der Waals surface area (Å²) in [5.41, 5.74) is 0. The monoisotopic (exact) mass is 1030 g/mol. The van der Waals surface area contributed by atoms with Crippen LogP contribution in [0.3, 0.4) is 0 Å². The van der Waals surface area contributed by atoms with E-state index >= 15 is 0 Å². The Labute approximate surface area is 443 Å². The number of esters is 3. The molecule has 420 valence electrons. The molecule has 0 aromatic heterocycles. The number of allylic oxidation sites excluding steroid dienone is 9. The first-order valence-electron chi connectivity index (χ1n) is 29.3. The first-order chi connectivity index (χ1) is 35.6. The first-order valence-corrected chi connectivity index (χ1v) is 29.3. The normalized spacial score (nSPS) is 18.7. The predicted octanol–water partition coefficient (Wildman–Crippen LogP) is 14.8. The minimum Gasteiger partial charge on any atom is -0.479 e. The van der Waals surface area contributed by atoms with Crippen LogP contribution >= 0.6 is 0 Å². The number of aliphatic carboxylic acids is 1. The molecule has 0 amide bonds. The van der Waals surface area contributed by atoms with E-state index in [1.807, 2.05) is 12.2 Å². The fraction of sp³-hybridized carbons (Fsp3) is 0.770. The predicted molar refractivity (Wildman–Crippen MR) is 294 cm³/mol. The van der Waals surface area contributed by atoms with Crippen LogP contribution in [-0.2, 0) is 42.9 Å². The summed E-state index contributed by atoms with van der Waals surface area (Å²) in [6.45, 7) is 5.80. The third-order valence-corrected chi connectivity index (χ3v) is 13.1. The molecule has 12 heteroatoms. The second-order valence-corrected chi connectivity index (χ2v) is 19.9. The lowest BCUT2D eigenvalue weighted by Crippen LogP contribution is -2.61. The second kappa shape index (κ2) is 49.3. The molecule has 6 unspecified atom stereocenters. The lowest BCUT2D eigenvalue weighted by atomic mass is 9.98. The van der Waals surface area contributed by atoms with E-state index in [4.69, 9.17) is 23.7 Å². The van der Waals surface area contributed by atoms with Crippen molar-refractivity contribution in [2.45, 2.75) is 289 Å². The number of carboxylic acids is 1. The van der Waals surface area contributed by atoms with Crippen LogP contribution in [0.15, 0.2) is 60.8 Å². The van der Waals surface area contributed by atoms with Crippen LogP contribution in [-0.4, -0.2) is 89.2 Å². The lowest BCUT2D eigenvalue weighted by molar-refractivity contribution is -0.301. The smallest absolute Gasteiger partial charge is 0.335 e. The molecular weight excluding hydrogens is 925 g/mol. The zero-order valence-corrected chi connectivity index (χ0v) is 46.1.